The normalized spacial score (nSPS) is 15.9. The van der Waals surface area contributed by atoms with E-state index in [1.165, 1.54) is 0 Å². The molecule has 3 atom stereocenters. The number of nitrogens with one attached hydrogen (secondary N) is 1. The fourth-order valence-corrected chi connectivity index (χ4v) is 20.2. The number of ether oxygens (including phenoxy) is 3. The third-order valence-electron chi connectivity index (χ3n) is 7.52. The molecule has 0 bridgehead atoms. The maximum Gasteiger partial charge on any atom is 0.469 e. The van der Waals surface area contributed by atoms with Crippen LogP contribution in [0.15, 0.2) is 0 Å². The third-order valence-corrected chi connectivity index (χ3v) is 19.6. The van der Waals surface area contributed by atoms with Gasteiger partial charge in [0.2, 0.25) is 0 Å². The van der Waals surface area contributed by atoms with Gasteiger partial charge in [-0.1, -0.05) is 26.2 Å². The van der Waals surface area contributed by atoms with Gasteiger partial charge in [-0.25, -0.2) is 0 Å². The minimum Gasteiger partial charge on any atom is -0.465 e. The van der Waals surface area contributed by atoms with Crippen LogP contribution in [0.2, 0.25) is 65.0 Å². The highest BCUT2D eigenvalue weighted by molar-refractivity contribution is 6.90. The number of unbranched alkanes of at least 4 members (excludes halogenated alkanes) is 3. The van der Waals surface area contributed by atoms with E-state index < -0.39 is 74.0 Å². The van der Waals surface area contributed by atoms with E-state index in [2.05, 4.69) is 65.8 Å². The monoisotopic (exact) mass is 777 g/mol. The summed E-state index contributed by atoms with van der Waals surface area (Å²) in [5.41, 5.74) is -3.25. The molecule has 0 fully saturated rings. The summed E-state index contributed by atoms with van der Waals surface area (Å²) >= 11 is 0. The summed E-state index contributed by atoms with van der Waals surface area (Å²) in [5, 5.41) is 8.19. The van der Waals surface area contributed by atoms with Gasteiger partial charge in [-0.3, -0.25) is 14.4 Å². The minimum absolute atomic E-state index is 0.0340. The second-order valence-corrected chi connectivity index (χ2v) is 35.7. The Bertz CT molecular complexity index is 1050. The molecule has 0 aliphatic carbocycles. The smallest absolute Gasteiger partial charge is 0.465 e. The Hall–Kier alpha value is -1.17. The van der Waals surface area contributed by atoms with Gasteiger partial charge in [-0.05, 0) is 139 Å². The van der Waals surface area contributed by atoms with Gasteiger partial charge in [0.1, 0.15) is 11.0 Å². The van der Waals surface area contributed by atoms with E-state index in [1.807, 2.05) is 6.92 Å². The number of carbonyl (C=O) groups is 3. The Morgan fingerprint density at radius 1 is 0.720 bits per heavy atom. The molecule has 0 aromatic heterocycles. The Kier molecular flexibility index (Phi) is 19.3. The molecule has 0 aliphatic heterocycles. The molecule has 0 saturated carbocycles. The summed E-state index contributed by atoms with van der Waals surface area (Å²) < 4.78 is 37.6. The van der Waals surface area contributed by atoms with Crippen LogP contribution in [0.4, 0.5) is 0 Å². The number of rotatable bonds is 24. The van der Waals surface area contributed by atoms with Crippen molar-refractivity contribution in [3.8, 4) is 0 Å². The molecular weight excluding hydrogens is 703 g/mol. The topological polar surface area (TPSA) is 130 Å². The minimum atomic E-state index is -3.08. The molecule has 10 nitrogen and oxygen atoms in total. The van der Waals surface area contributed by atoms with Gasteiger partial charge in [0, 0.05) is 12.3 Å². The van der Waals surface area contributed by atoms with Gasteiger partial charge in [0.05, 0.1) is 24.0 Å². The van der Waals surface area contributed by atoms with Gasteiger partial charge in [-0.2, -0.15) is 0 Å². The second kappa shape index (κ2) is 19.8. The van der Waals surface area contributed by atoms with E-state index in [4.69, 9.17) is 32.0 Å². The van der Waals surface area contributed by atoms with Crippen molar-refractivity contribution in [2.45, 2.75) is 183 Å². The van der Waals surface area contributed by atoms with Crippen molar-refractivity contribution in [2.24, 2.45) is 16.7 Å². The number of hydrogen-bond acceptors (Lipinski definition) is 10. The van der Waals surface area contributed by atoms with Crippen molar-refractivity contribution in [3.05, 3.63) is 0 Å². The number of hydrogen-bond donors (Lipinski definition) is 1. The van der Waals surface area contributed by atoms with Gasteiger partial charge < -0.3 is 32.0 Å². The number of esters is 3. The van der Waals surface area contributed by atoms with Gasteiger partial charge in [-0.15, -0.1) is 0 Å². The van der Waals surface area contributed by atoms with Gasteiger partial charge in [0.25, 0.3) is 0 Å². The van der Waals surface area contributed by atoms with Crippen molar-refractivity contribution >= 4 is 57.9 Å². The lowest BCUT2D eigenvalue weighted by Crippen LogP contribution is -2.60. The van der Waals surface area contributed by atoms with Crippen LogP contribution in [0.25, 0.3) is 0 Å². The van der Waals surface area contributed by atoms with E-state index in [0.29, 0.717) is 12.5 Å². The Balaban J connectivity index is 5.98. The van der Waals surface area contributed by atoms with Gasteiger partial charge in [0.15, 0.2) is 25.0 Å². The largest absolute Gasteiger partial charge is 0.469 e. The Morgan fingerprint density at radius 3 is 1.64 bits per heavy atom. The van der Waals surface area contributed by atoms with Crippen molar-refractivity contribution < 1.29 is 40.9 Å². The first-order valence-corrected chi connectivity index (χ1v) is 30.8. The van der Waals surface area contributed by atoms with Crippen molar-refractivity contribution in [1.29, 1.82) is 5.41 Å². The Morgan fingerprint density at radius 2 is 1.22 bits per heavy atom. The summed E-state index contributed by atoms with van der Waals surface area (Å²) in [6.07, 6.45) is 6.28. The lowest BCUT2D eigenvalue weighted by molar-refractivity contribution is -0.166. The fourth-order valence-electron chi connectivity index (χ4n) is 5.54. The summed E-state index contributed by atoms with van der Waals surface area (Å²) in [5.74, 6) is -2.41. The third kappa shape index (κ3) is 20.8. The zero-order valence-corrected chi connectivity index (χ0v) is 39.0. The molecule has 0 amide bonds. The highest BCUT2D eigenvalue weighted by Crippen LogP contribution is 2.37. The van der Waals surface area contributed by atoms with Crippen molar-refractivity contribution in [1.82, 2.24) is 0 Å². The van der Waals surface area contributed by atoms with Gasteiger partial charge >= 0.3 is 26.7 Å². The van der Waals surface area contributed by atoms with Crippen molar-refractivity contribution in [2.75, 3.05) is 6.61 Å². The molecule has 14 heteroatoms. The molecule has 0 rings (SSSR count). The highest BCUT2D eigenvalue weighted by atomic mass is 28.5. The molecule has 0 spiro atoms. The van der Waals surface area contributed by atoms with E-state index in [1.54, 1.807) is 41.5 Å². The van der Waals surface area contributed by atoms with E-state index >= 15 is 0 Å². The molecule has 0 aliphatic rings. The van der Waals surface area contributed by atoms with E-state index in [0.717, 1.165) is 38.3 Å². The van der Waals surface area contributed by atoms with Crippen LogP contribution < -0.4 is 0 Å². The summed E-state index contributed by atoms with van der Waals surface area (Å²) in [6, 6.07) is 0.539. The van der Waals surface area contributed by atoms with Crippen LogP contribution >= 0.6 is 0 Å². The number of carbonyl (C=O) groups excluding carboxylic acids is 3. The summed E-state index contributed by atoms with van der Waals surface area (Å²) in [6.45, 7) is 33.8. The standard InChI is InChI=1S/C36H75NO9Si4/c1-18-19-20-21-23-29(2)42-33(40)36(8,28-37)27-30(31(38)43-34(3,4)5)26-35(6,7)32(39)41-24-22-25-50(44-47(9,10)11,45-48(12,13)14)46-49(15,16)17/h28-30,37H,18-27H2,1-17H3. The maximum absolute atomic E-state index is 13.6. The average Bonchev–Trinajstić information content (AvgIpc) is 2.88. The van der Waals surface area contributed by atoms with E-state index in [-0.39, 0.29) is 25.6 Å². The first-order chi connectivity index (χ1) is 22.4. The van der Waals surface area contributed by atoms with Crippen LogP contribution in [0.1, 0.15) is 107 Å². The summed E-state index contributed by atoms with van der Waals surface area (Å²) in [4.78, 5) is 40.6. The molecule has 50 heavy (non-hydrogen) atoms. The first kappa shape index (κ1) is 48.8. The molecule has 1 N–H and O–H groups in total. The molecule has 0 radical (unpaired) electrons. The first-order valence-electron chi connectivity index (χ1n) is 18.6. The molecule has 294 valence electrons. The molecule has 0 saturated heterocycles. The zero-order chi connectivity index (χ0) is 39.4. The van der Waals surface area contributed by atoms with Crippen LogP contribution in [0, 0.1) is 22.2 Å². The molecule has 3 unspecified atom stereocenters. The average molecular weight is 778 g/mol. The molecule has 0 aromatic rings. The molecule has 0 heterocycles. The quantitative estimate of drug-likeness (QED) is 0.0335. The second-order valence-electron chi connectivity index (χ2n) is 18.7. The zero-order valence-electron chi connectivity index (χ0n) is 35.0. The molecular formula is C36H75NO9Si4. The fraction of sp³-hybridized carbons (Fsp3) is 0.889. The van der Waals surface area contributed by atoms with Crippen molar-refractivity contribution in [3.63, 3.8) is 0 Å². The Labute approximate surface area is 310 Å². The van der Waals surface area contributed by atoms with Crippen LogP contribution in [-0.2, 0) is 40.9 Å². The SMILES string of the molecule is CCCCCCC(C)OC(=O)C(C)(C=N)CC(CC(C)(C)C(=O)OCCC[Si](O[Si](C)(C)C)(O[Si](C)(C)C)O[Si](C)(C)C)C(=O)OC(C)(C)C. The van der Waals surface area contributed by atoms with Crippen LogP contribution in [0.3, 0.4) is 0 Å². The predicted molar refractivity (Wildman–Crippen MR) is 213 cm³/mol. The van der Waals surface area contributed by atoms with Crippen LogP contribution in [0.5, 0.6) is 0 Å². The van der Waals surface area contributed by atoms with E-state index in [9.17, 15) is 14.4 Å². The lowest BCUT2D eigenvalue weighted by atomic mass is 9.74. The predicted octanol–water partition coefficient (Wildman–Crippen LogP) is 9.74. The maximum atomic E-state index is 13.6. The summed E-state index contributed by atoms with van der Waals surface area (Å²) in [7, 11) is -9.22. The molecule has 0 aromatic carbocycles. The van der Waals surface area contributed by atoms with Crippen LogP contribution in [-0.4, -0.2) is 76.2 Å². The lowest BCUT2D eigenvalue weighted by Gasteiger charge is -2.42. The highest BCUT2D eigenvalue weighted by Gasteiger charge is 2.50.